The lowest BCUT2D eigenvalue weighted by molar-refractivity contribution is -0.0107. The maximum absolute atomic E-state index is 5.88. The van der Waals surface area contributed by atoms with Crippen LogP contribution in [0.3, 0.4) is 0 Å². The van der Waals surface area contributed by atoms with Gasteiger partial charge in [-0.15, -0.1) is 0 Å². The second-order valence-electron chi connectivity index (χ2n) is 4.88. The normalized spacial score (nSPS) is 14.3. The molecule has 0 amide bonds. The fourth-order valence-electron chi connectivity index (χ4n) is 1.94. The lowest BCUT2D eigenvalue weighted by Gasteiger charge is -2.35. The molecule has 0 saturated heterocycles. The monoisotopic (exact) mass is 246 g/mol. The van der Waals surface area contributed by atoms with Crippen LogP contribution in [0.5, 0.6) is 0 Å². The highest BCUT2D eigenvalue weighted by Gasteiger charge is 2.25. The van der Waals surface area contributed by atoms with Gasteiger partial charge in [0.2, 0.25) is 0 Å². The van der Waals surface area contributed by atoms with Crippen molar-refractivity contribution < 1.29 is 9.47 Å². The zero-order chi connectivity index (χ0) is 13.3. The Bertz CT molecular complexity index is 186. The first kappa shape index (κ1) is 16.8. The van der Waals surface area contributed by atoms with Crippen molar-refractivity contribution in [1.29, 1.82) is 0 Å². The fraction of sp³-hybridized carbons (Fsp3) is 1.00. The van der Waals surface area contributed by atoms with Gasteiger partial charge in [-0.2, -0.15) is 0 Å². The van der Waals surface area contributed by atoms with E-state index in [1.165, 1.54) is 0 Å². The molecule has 0 aromatic rings. The highest BCUT2D eigenvalue weighted by molar-refractivity contribution is 4.81. The molecular formula is C13H30N2O2. The van der Waals surface area contributed by atoms with Crippen molar-refractivity contribution in [2.45, 2.75) is 45.8 Å². The quantitative estimate of drug-likeness (QED) is 0.593. The van der Waals surface area contributed by atoms with Gasteiger partial charge >= 0.3 is 0 Å². The Morgan fingerprint density at radius 2 is 1.94 bits per heavy atom. The van der Waals surface area contributed by atoms with Gasteiger partial charge in [0, 0.05) is 32.8 Å². The maximum atomic E-state index is 5.88. The molecule has 17 heavy (non-hydrogen) atoms. The topological polar surface area (TPSA) is 47.7 Å². The number of methoxy groups -OCH3 is 1. The van der Waals surface area contributed by atoms with Crippen molar-refractivity contribution >= 4 is 0 Å². The van der Waals surface area contributed by atoms with Crippen LogP contribution in [0, 0.1) is 0 Å². The number of nitrogens with two attached hydrogens (primary N) is 1. The minimum atomic E-state index is -0.122. The minimum Gasteiger partial charge on any atom is -0.380 e. The maximum Gasteiger partial charge on any atom is 0.0638 e. The molecule has 0 fully saturated rings. The van der Waals surface area contributed by atoms with E-state index >= 15 is 0 Å². The van der Waals surface area contributed by atoms with Gasteiger partial charge < -0.3 is 15.2 Å². The standard InChI is InChI=1S/C13H30N2O2/c1-6-15(8-9-17-7-2)12(11-14)10-13(3,4)16-5/h12H,6-11,14H2,1-5H3. The SMILES string of the molecule is CCOCCN(CC)C(CN)CC(C)(C)OC. The van der Waals surface area contributed by atoms with Crippen molar-refractivity contribution in [3.8, 4) is 0 Å². The smallest absolute Gasteiger partial charge is 0.0638 e. The molecule has 0 saturated carbocycles. The van der Waals surface area contributed by atoms with Crippen molar-refractivity contribution in [3.05, 3.63) is 0 Å². The summed E-state index contributed by atoms with van der Waals surface area (Å²) in [4.78, 5) is 2.37. The largest absolute Gasteiger partial charge is 0.380 e. The van der Waals surface area contributed by atoms with Gasteiger partial charge in [-0.25, -0.2) is 0 Å². The summed E-state index contributed by atoms with van der Waals surface area (Å²) in [5.74, 6) is 0. The number of hydrogen-bond donors (Lipinski definition) is 1. The minimum absolute atomic E-state index is 0.122. The van der Waals surface area contributed by atoms with Gasteiger partial charge in [-0.1, -0.05) is 6.92 Å². The number of hydrogen-bond acceptors (Lipinski definition) is 4. The molecule has 0 aliphatic rings. The summed E-state index contributed by atoms with van der Waals surface area (Å²) in [5.41, 5.74) is 5.76. The lowest BCUT2D eigenvalue weighted by Crippen LogP contribution is -2.46. The highest BCUT2D eigenvalue weighted by Crippen LogP contribution is 2.18. The van der Waals surface area contributed by atoms with E-state index < -0.39 is 0 Å². The molecule has 4 nitrogen and oxygen atoms in total. The molecule has 0 aliphatic heterocycles. The summed E-state index contributed by atoms with van der Waals surface area (Å²) in [5, 5.41) is 0. The van der Waals surface area contributed by atoms with E-state index in [1.54, 1.807) is 7.11 Å². The molecule has 1 unspecified atom stereocenters. The third kappa shape index (κ3) is 6.99. The van der Waals surface area contributed by atoms with Crippen LogP contribution >= 0.6 is 0 Å². The van der Waals surface area contributed by atoms with E-state index in [0.29, 0.717) is 12.6 Å². The van der Waals surface area contributed by atoms with Crippen molar-refractivity contribution in [2.24, 2.45) is 5.73 Å². The van der Waals surface area contributed by atoms with Crippen molar-refractivity contribution in [2.75, 3.05) is 40.0 Å². The summed E-state index contributed by atoms with van der Waals surface area (Å²) >= 11 is 0. The Morgan fingerprint density at radius 3 is 2.35 bits per heavy atom. The average molecular weight is 246 g/mol. The average Bonchev–Trinajstić information content (AvgIpc) is 2.32. The third-order valence-corrected chi connectivity index (χ3v) is 3.20. The van der Waals surface area contributed by atoms with Gasteiger partial charge in [-0.05, 0) is 33.7 Å². The third-order valence-electron chi connectivity index (χ3n) is 3.20. The van der Waals surface area contributed by atoms with E-state index in [0.717, 1.165) is 32.7 Å². The summed E-state index contributed by atoms with van der Waals surface area (Å²) < 4.78 is 10.9. The van der Waals surface area contributed by atoms with Crippen molar-refractivity contribution in [3.63, 3.8) is 0 Å². The van der Waals surface area contributed by atoms with E-state index in [-0.39, 0.29) is 5.60 Å². The first-order chi connectivity index (χ1) is 8.00. The van der Waals surface area contributed by atoms with E-state index in [1.807, 2.05) is 6.92 Å². The zero-order valence-corrected chi connectivity index (χ0v) is 12.2. The van der Waals surface area contributed by atoms with Gasteiger partial charge in [0.15, 0.2) is 0 Å². The Kier molecular flexibility index (Phi) is 8.78. The second-order valence-corrected chi connectivity index (χ2v) is 4.88. The molecule has 0 aromatic heterocycles. The van der Waals surface area contributed by atoms with Crippen LogP contribution in [-0.4, -0.2) is 56.5 Å². The van der Waals surface area contributed by atoms with E-state index in [2.05, 4.69) is 25.7 Å². The number of likely N-dealkylation sites (N-methyl/N-ethyl adjacent to an activating group) is 1. The zero-order valence-electron chi connectivity index (χ0n) is 12.2. The second kappa shape index (κ2) is 8.86. The molecule has 4 heteroatoms. The predicted octanol–water partition coefficient (Wildman–Crippen LogP) is 1.49. The molecular weight excluding hydrogens is 216 g/mol. The summed E-state index contributed by atoms with van der Waals surface area (Å²) in [6.07, 6.45) is 0.944. The first-order valence-electron chi connectivity index (χ1n) is 6.57. The van der Waals surface area contributed by atoms with Crippen molar-refractivity contribution in [1.82, 2.24) is 4.90 Å². The Labute approximate surface area is 106 Å². The van der Waals surface area contributed by atoms with Crippen LogP contribution in [0.2, 0.25) is 0 Å². The van der Waals surface area contributed by atoms with Crippen LogP contribution in [0.4, 0.5) is 0 Å². The molecule has 1 atom stereocenters. The summed E-state index contributed by atoms with van der Waals surface area (Å²) in [6, 6.07) is 0.357. The Hall–Kier alpha value is -0.160. The molecule has 0 spiro atoms. The summed E-state index contributed by atoms with van der Waals surface area (Å²) in [6.45, 7) is 12.5. The summed E-state index contributed by atoms with van der Waals surface area (Å²) in [7, 11) is 1.75. The molecule has 0 aromatic carbocycles. The molecule has 0 radical (unpaired) electrons. The van der Waals surface area contributed by atoms with Crippen LogP contribution < -0.4 is 5.73 Å². The molecule has 0 rings (SSSR count). The van der Waals surface area contributed by atoms with E-state index in [4.69, 9.17) is 15.2 Å². The predicted molar refractivity (Wildman–Crippen MR) is 72.3 cm³/mol. The van der Waals surface area contributed by atoms with Gasteiger partial charge in [0.1, 0.15) is 0 Å². The van der Waals surface area contributed by atoms with Crippen LogP contribution in [0.25, 0.3) is 0 Å². The van der Waals surface area contributed by atoms with Crippen LogP contribution in [0.1, 0.15) is 34.1 Å². The van der Waals surface area contributed by atoms with Crippen LogP contribution in [-0.2, 0) is 9.47 Å². The Morgan fingerprint density at radius 1 is 1.29 bits per heavy atom. The number of ether oxygens (including phenoxy) is 2. The fourth-order valence-corrected chi connectivity index (χ4v) is 1.94. The molecule has 0 heterocycles. The molecule has 2 N–H and O–H groups in total. The lowest BCUT2D eigenvalue weighted by atomic mass is 9.97. The molecule has 104 valence electrons. The van der Waals surface area contributed by atoms with Gasteiger partial charge in [0.05, 0.1) is 12.2 Å². The highest BCUT2D eigenvalue weighted by atomic mass is 16.5. The van der Waals surface area contributed by atoms with Crippen LogP contribution in [0.15, 0.2) is 0 Å². The Balaban J connectivity index is 4.27. The van der Waals surface area contributed by atoms with E-state index in [9.17, 15) is 0 Å². The van der Waals surface area contributed by atoms with Gasteiger partial charge in [-0.3, -0.25) is 4.90 Å². The molecule has 0 bridgehead atoms. The number of nitrogens with zero attached hydrogens (tertiary/aromatic N) is 1. The molecule has 0 aliphatic carbocycles. The first-order valence-corrected chi connectivity index (χ1v) is 6.57. The van der Waals surface area contributed by atoms with Gasteiger partial charge in [0.25, 0.3) is 0 Å². The number of rotatable bonds is 10.